The summed E-state index contributed by atoms with van der Waals surface area (Å²) in [4.78, 5) is 12.8. The lowest BCUT2D eigenvalue weighted by molar-refractivity contribution is -0.126. The highest BCUT2D eigenvalue weighted by atomic mass is 35.5. The van der Waals surface area contributed by atoms with Crippen LogP contribution in [0.15, 0.2) is 42.5 Å². The molecule has 0 aromatic heterocycles. The molecule has 1 saturated heterocycles. The molecule has 0 bridgehead atoms. The van der Waals surface area contributed by atoms with Gasteiger partial charge in [-0.25, -0.2) is 12.7 Å². The van der Waals surface area contributed by atoms with Gasteiger partial charge < -0.3 is 5.32 Å². The first kappa shape index (κ1) is 22.8. The molecule has 1 fully saturated rings. The highest BCUT2D eigenvalue weighted by Crippen LogP contribution is 2.25. The zero-order valence-electron chi connectivity index (χ0n) is 17.7. The van der Waals surface area contributed by atoms with E-state index in [0.29, 0.717) is 36.5 Å². The first-order valence-corrected chi connectivity index (χ1v) is 12.2. The molecular weight excluding hydrogens is 420 g/mol. The molecule has 0 unspecified atom stereocenters. The summed E-state index contributed by atoms with van der Waals surface area (Å²) in [6.07, 6.45) is 1.04. The van der Waals surface area contributed by atoms with Gasteiger partial charge in [0.2, 0.25) is 15.9 Å². The van der Waals surface area contributed by atoms with Gasteiger partial charge >= 0.3 is 0 Å². The molecule has 1 aliphatic rings. The molecule has 3 rings (SSSR count). The SMILES string of the molecule is Cc1ccc(C)c([C@H](C)NC(=O)C2CCN(S(=O)(=O)Cc3ccccc3Cl)CC2)c1. The van der Waals surface area contributed by atoms with Crippen LogP contribution in [0.5, 0.6) is 0 Å². The molecule has 1 aliphatic heterocycles. The van der Waals surface area contributed by atoms with E-state index >= 15 is 0 Å². The van der Waals surface area contributed by atoms with Crippen molar-refractivity contribution in [1.82, 2.24) is 9.62 Å². The number of rotatable bonds is 6. The second-order valence-electron chi connectivity index (χ2n) is 8.11. The van der Waals surface area contributed by atoms with Crippen LogP contribution in [0.3, 0.4) is 0 Å². The molecule has 0 spiro atoms. The van der Waals surface area contributed by atoms with Crippen LogP contribution in [0.4, 0.5) is 0 Å². The van der Waals surface area contributed by atoms with Crippen LogP contribution < -0.4 is 5.32 Å². The monoisotopic (exact) mass is 448 g/mol. The summed E-state index contributed by atoms with van der Waals surface area (Å²) in [5.41, 5.74) is 4.02. The molecule has 2 aromatic rings. The summed E-state index contributed by atoms with van der Waals surface area (Å²) in [7, 11) is -3.47. The van der Waals surface area contributed by atoms with Gasteiger partial charge in [-0.05, 0) is 56.4 Å². The first-order valence-electron chi connectivity index (χ1n) is 10.3. The van der Waals surface area contributed by atoms with Gasteiger partial charge in [0.05, 0.1) is 11.8 Å². The number of hydrogen-bond acceptors (Lipinski definition) is 3. The van der Waals surface area contributed by atoms with Gasteiger partial charge in [0.25, 0.3) is 0 Å². The van der Waals surface area contributed by atoms with Crippen LogP contribution in [-0.4, -0.2) is 31.7 Å². The Morgan fingerprint density at radius 2 is 1.83 bits per heavy atom. The fraction of sp³-hybridized carbons (Fsp3) is 0.435. The number of carbonyl (C=O) groups excluding carboxylic acids is 1. The molecule has 0 aliphatic carbocycles. The number of nitrogens with zero attached hydrogens (tertiary/aromatic N) is 1. The predicted molar refractivity (Wildman–Crippen MR) is 121 cm³/mol. The minimum absolute atomic E-state index is 0.00782. The van der Waals surface area contributed by atoms with Gasteiger partial charge in [0.1, 0.15) is 0 Å². The van der Waals surface area contributed by atoms with E-state index in [1.807, 2.05) is 20.8 Å². The summed E-state index contributed by atoms with van der Waals surface area (Å²) in [6.45, 7) is 6.77. The molecule has 1 heterocycles. The summed E-state index contributed by atoms with van der Waals surface area (Å²) in [5, 5.41) is 3.56. The van der Waals surface area contributed by atoms with Crippen molar-refractivity contribution in [2.75, 3.05) is 13.1 Å². The normalized spacial score (nSPS) is 16.9. The van der Waals surface area contributed by atoms with Gasteiger partial charge in [0.15, 0.2) is 0 Å². The third-order valence-corrected chi connectivity index (χ3v) is 7.97. The Balaban J connectivity index is 1.57. The summed E-state index contributed by atoms with van der Waals surface area (Å²) in [5.74, 6) is -0.302. The predicted octanol–water partition coefficient (Wildman–Crippen LogP) is 4.38. The van der Waals surface area contributed by atoms with Crippen LogP contribution in [0.2, 0.25) is 5.02 Å². The van der Waals surface area contributed by atoms with Crippen molar-refractivity contribution in [3.8, 4) is 0 Å². The Hall–Kier alpha value is -1.89. The van der Waals surface area contributed by atoms with E-state index in [2.05, 4.69) is 23.5 Å². The molecule has 5 nitrogen and oxygen atoms in total. The second kappa shape index (κ2) is 9.50. The Labute approximate surface area is 184 Å². The molecule has 0 saturated carbocycles. The van der Waals surface area contributed by atoms with Gasteiger partial charge in [-0.1, -0.05) is 53.6 Å². The highest BCUT2D eigenvalue weighted by Gasteiger charge is 2.32. The van der Waals surface area contributed by atoms with E-state index in [1.54, 1.807) is 24.3 Å². The minimum atomic E-state index is -3.47. The number of benzene rings is 2. The van der Waals surface area contributed by atoms with E-state index in [4.69, 9.17) is 11.6 Å². The number of sulfonamides is 1. The number of amides is 1. The Morgan fingerprint density at radius 1 is 1.17 bits per heavy atom. The maximum Gasteiger partial charge on any atom is 0.223 e. The van der Waals surface area contributed by atoms with Crippen LogP contribution in [0, 0.1) is 19.8 Å². The zero-order valence-corrected chi connectivity index (χ0v) is 19.3. The van der Waals surface area contributed by atoms with E-state index in [-0.39, 0.29) is 23.6 Å². The number of piperidine rings is 1. The standard InChI is InChI=1S/C23H29ClN2O3S/c1-16-8-9-17(2)21(14-16)18(3)25-23(27)19-10-12-26(13-11-19)30(28,29)15-20-6-4-5-7-22(20)24/h4-9,14,18-19H,10-13,15H2,1-3H3,(H,25,27)/t18-/m0/s1. The smallest absolute Gasteiger partial charge is 0.223 e. The van der Waals surface area contributed by atoms with Crippen molar-refractivity contribution in [2.24, 2.45) is 5.92 Å². The fourth-order valence-electron chi connectivity index (χ4n) is 3.93. The maximum absolute atomic E-state index is 12.8. The first-order chi connectivity index (χ1) is 14.2. The molecule has 1 N–H and O–H groups in total. The average molecular weight is 449 g/mol. The summed E-state index contributed by atoms with van der Waals surface area (Å²) >= 11 is 6.12. The van der Waals surface area contributed by atoms with Crippen LogP contribution >= 0.6 is 11.6 Å². The van der Waals surface area contributed by atoms with E-state index in [9.17, 15) is 13.2 Å². The van der Waals surface area contributed by atoms with Crippen molar-refractivity contribution in [3.63, 3.8) is 0 Å². The maximum atomic E-state index is 12.8. The van der Waals surface area contributed by atoms with Gasteiger partial charge in [-0.15, -0.1) is 0 Å². The number of nitrogens with one attached hydrogen (secondary N) is 1. The fourth-order valence-corrected chi connectivity index (χ4v) is 5.81. The van der Waals surface area contributed by atoms with Gasteiger partial charge in [-0.2, -0.15) is 0 Å². The van der Waals surface area contributed by atoms with Crippen LogP contribution in [-0.2, 0) is 20.6 Å². The van der Waals surface area contributed by atoms with Crippen LogP contribution in [0.1, 0.15) is 48.1 Å². The lowest BCUT2D eigenvalue weighted by atomic mass is 9.95. The number of hydrogen-bond donors (Lipinski definition) is 1. The average Bonchev–Trinajstić information content (AvgIpc) is 2.71. The molecular formula is C23H29ClN2O3S. The van der Waals surface area contributed by atoms with Crippen LogP contribution in [0.25, 0.3) is 0 Å². The van der Waals surface area contributed by atoms with Gasteiger partial charge in [0, 0.05) is 24.0 Å². The Morgan fingerprint density at radius 3 is 2.50 bits per heavy atom. The number of halogens is 1. The largest absolute Gasteiger partial charge is 0.349 e. The Kier molecular flexibility index (Phi) is 7.22. The molecule has 1 amide bonds. The second-order valence-corrected chi connectivity index (χ2v) is 10.5. The van der Waals surface area contributed by atoms with Crippen molar-refractivity contribution in [3.05, 3.63) is 69.7 Å². The minimum Gasteiger partial charge on any atom is -0.349 e. The van der Waals surface area contributed by atoms with E-state index in [1.165, 1.54) is 4.31 Å². The van der Waals surface area contributed by atoms with Crippen molar-refractivity contribution >= 4 is 27.5 Å². The highest BCUT2D eigenvalue weighted by molar-refractivity contribution is 7.88. The molecule has 7 heteroatoms. The van der Waals surface area contributed by atoms with Crippen molar-refractivity contribution in [1.29, 1.82) is 0 Å². The molecule has 0 radical (unpaired) electrons. The zero-order chi connectivity index (χ0) is 21.9. The summed E-state index contributed by atoms with van der Waals surface area (Å²) < 4.78 is 27.0. The third kappa shape index (κ3) is 5.42. The Bertz CT molecular complexity index is 1010. The van der Waals surface area contributed by atoms with E-state index in [0.717, 1.165) is 16.7 Å². The van der Waals surface area contributed by atoms with Crippen molar-refractivity contribution < 1.29 is 13.2 Å². The topological polar surface area (TPSA) is 66.5 Å². The number of carbonyl (C=O) groups is 1. The lowest BCUT2D eigenvalue weighted by Gasteiger charge is -2.31. The molecule has 30 heavy (non-hydrogen) atoms. The molecule has 2 aromatic carbocycles. The third-order valence-electron chi connectivity index (χ3n) is 5.77. The molecule has 1 atom stereocenters. The van der Waals surface area contributed by atoms with Gasteiger partial charge in [-0.3, -0.25) is 4.79 Å². The van der Waals surface area contributed by atoms with E-state index < -0.39 is 10.0 Å². The quantitative estimate of drug-likeness (QED) is 0.713. The summed E-state index contributed by atoms with van der Waals surface area (Å²) in [6, 6.07) is 13.1. The molecule has 162 valence electrons. The number of aryl methyl sites for hydroxylation is 2. The lowest BCUT2D eigenvalue weighted by Crippen LogP contribution is -2.43. The van der Waals surface area contributed by atoms with Crippen molar-refractivity contribution in [2.45, 2.75) is 45.4 Å².